The third kappa shape index (κ3) is 5.99. The summed E-state index contributed by atoms with van der Waals surface area (Å²) in [6, 6.07) is 5.49. The van der Waals surface area contributed by atoms with Gasteiger partial charge in [-0.25, -0.2) is 9.78 Å². The van der Waals surface area contributed by atoms with Crippen molar-refractivity contribution in [2.45, 2.75) is 50.2 Å². The fourth-order valence-electron chi connectivity index (χ4n) is 6.30. The zero-order chi connectivity index (χ0) is 32.9. The fraction of sp³-hybridized carbons (Fsp3) is 0.448. The maximum Gasteiger partial charge on any atom is 0.435 e. The van der Waals surface area contributed by atoms with Crippen molar-refractivity contribution in [1.29, 1.82) is 5.26 Å². The minimum atomic E-state index is -4.80. The number of aliphatic hydroxyl groups excluding tert-OH is 1. The van der Waals surface area contributed by atoms with Crippen molar-refractivity contribution in [3.05, 3.63) is 52.7 Å². The van der Waals surface area contributed by atoms with Crippen molar-refractivity contribution in [2.24, 2.45) is 18.9 Å². The van der Waals surface area contributed by atoms with E-state index in [1.807, 2.05) is 0 Å². The molecule has 4 amide bonds. The number of fused-ring (bicyclic) bond motifs is 1. The zero-order valence-electron chi connectivity index (χ0n) is 24.4. The molecule has 2 saturated carbocycles. The topological polar surface area (TPSA) is 170 Å². The monoisotopic (exact) mass is 659 g/mol. The van der Waals surface area contributed by atoms with E-state index in [9.17, 15) is 32.7 Å². The van der Waals surface area contributed by atoms with Gasteiger partial charge in [0.05, 0.1) is 46.3 Å². The molecule has 5 atom stereocenters. The molecule has 4 N–H and O–H groups in total. The molecule has 242 valence electrons. The van der Waals surface area contributed by atoms with Crippen molar-refractivity contribution in [3.63, 3.8) is 0 Å². The fourth-order valence-corrected chi connectivity index (χ4v) is 6.57. The number of nitrogens with zero attached hydrogens (tertiary/aromatic N) is 6. The number of likely N-dealkylation sites (tertiary alicyclic amines) is 1. The van der Waals surface area contributed by atoms with Gasteiger partial charge in [0, 0.05) is 49.9 Å². The van der Waals surface area contributed by atoms with E-state index in [4.69, 9.17) is 16.9 Å². The van der Waals surface area contributed by atoms with Gasteiger partial charge in [-0.15, -0.1) is 0 Å². The molecule has 1 aromatic carbocycles. The molecular weight excluding hydrogens is 631 g/mol. The Morgan fingerprint density at radius 2 is 1.89 bits per heavy atom. The Hall–Kier alpha value is -4.62. The molecule has 0 spiro atoms. The molecule has 0 radical (unpaired) electrons. The first kappa shape index (κ1) is 31.4. The van der Waals surface area contributed by atoms with Gasteiger partial charge in [-0.05, 0) is 37.5 Å². The molecule has 17 heteroatoms. The van der Waals surface area contributed by atoms with Crippen LogP contribution in [0.1, 0.15) is 45.9 Å². The van der Waals surface area contributed by atoms with E-state index in [0.29, 0.717) is 19.5 Å². The van der Waals surface area contributed by atoms with E-state index in [2.05, 4.69) is 26.0 Å². The Labute approximate surface area is 265 Å². The number of nitrogens with one attached hydrogen (secondary N) is 3. The van der Waals surface area contributed by atoms with Crippen molar-refractivity contribution in [2.75, 3.05) is 18.4 Å². The van der Waals surface area contributed by atoms with Gasteiger partial charge in [0.1, 0.15) is 6.54 Å². The van der Waals surface area contributed by atoms with Crippen LogP contribution >= 0.6 is 11.6 Å². The van der Waals surface area contributed by atoms with E-state index >= 15 is 0 Å². The molecule has 1 aliphatic heterocycles. The van der Waals surface area contributed by atoms with E-state index in [-0.39, 0.29) is 63.3 Å². The Kier molecular flexibility index (Phi) is 8.15. The normalized spacial score (nSPS) is 23.5. The molecule has 1 saturated heterocycles. The van der Waals surface area contributed by atoms with Crippen LogP contribution in [0.4, 0.5) is 23.7 Å². The van der Waals surface area contributed by atoms with Crippen LogP contribution in [-0.2, 0) is 19.8 Å². The molecule has 3 fully saturated rings. The van der Waals surface area contributed by atoms with Gasteiger partial charge in [0.25, 0.3) is 11.8 Å². The number of urea groups is 1. The summed E-state index contributed by atoms with van der Waals surface area (Å²) in [4.78, 5) is 44.3. The van der Waals surface area contributed by atoms with E-state index in [1.165, 1.54) is 29.8 Å². The third-order valence-electron chi connectivity index (χ3n) is 8.77. The number of amides is 4. The van der Waals surface area contributed by atoms with Crippen molar-refractivity contribution in [3.8, 4) is 17.3 Å². The predicted octanol–water partition coefficient (Wildman–Crippen LogP) is 3.01. The molecule has 2 aliphatic carbocycles. The van der Waals surface area contributed by atoms with Crippen LogP contribution in [0.2, 0.25) is 5.02 Å². The number of piperidine rings is 1. The number of benzene rings is 1. The highest BCUT2D eigenvalue weighted by Crippen LogP contribution is 2.46. The van der Waals surface area contributed by atoms with Crippen LogP contribution in [0, 0.1) is 23.2 Å². The van der Waals surface area contributed by atoms with Crippen LogP contribution in [0.25, 0.3) is 11.3 Å². The largest absolute Gasteiger partial charge is 0.435 e. The minimum Gasteiger partial charge on any atom is -0.391 e. The summed E-state index contributed by atoms with van der Waals surface area (Å²) in [7, 11) is 1.37. The van der Waals surface area contributed by atoms with Gasteiger partial charge in [-0.2, -0.15) is 23.5 Å². The van der Waals surface area contributed by atoms with Gasteiger partial charge >= 0.3 is 12.2 Å². The molecule has 3 aromatic rings. The number of rotatable bonds is 7. The van der Waals surface area contributed by atoms with Crippen molar-refractivity contribution in [1.82, 2.24) is 34.9 Å². The molecule has 2 aromatic heterocycles. The summed E-state index contributed by atoms with van der Waals surface area (Å²) in [5.74, 6) is -1.09. The number of hydrogen-bond acceptors (Lipinski definition) is 7. The zero-order valence-corrected chi connectivity index (χ0v) is 25.1. The SMILES string of the molecule is Cn1c(-c2cn(CC#N)nc2C(F)(F)F)cnc1C(=O)Nc1ccc(C(=O)NC2[C@H]3CN(C(=O)N[C@@H]4CCC[C@H]4O)C[C@@H]23)c(Cl)c1. The van der Waals surface area contributed by atoms with Crippen LogP contribution < -0.4 is 16.0 Å². The average molecular weight is 660 g/mol. The third-order valence-corrected chi connectivity index (χ3v) is 9.08. The summed E-state index contributed by atoms with van der Waals surface area (Å²) < 4.78 is 42.9. The Morgan fingerprint density at radius 1 is 1.15 bits per heavy atom. The first-order valence-corrected chi connectivity index (χ1v) is 14.9. The number of alkyl halides is 3. The number of aromatic nitrogens is 4. The van der Waals surface area contributed by atoms with Gasteiger partial charge in [0.2, 0.25) is 0 Å². The summed E-state index contributed by atoms with van der Waals surface area (Å²) in [6.07, 6.45) is -0.836. The Morgan fingerprint density at radius 3 is 2.52 bits per heavy atom. The van der Waals surface area contributed by atoms with E-state index < -0.39 is 36.3 Å². The molecule has 6 rings (SSSR count). The lowest BCUT2D eigenvalue weighted by molar-refractivity contribution is -0.141. The summed E-state index contributed by atoms with van der Waals surface area (Å²) in [6.45, 7) is 0.601. The lowest BCUT2D eigenvalue weighted by Gasteiger charge is -2.24. The number of carbonyl (C=O) groups is 3. The first-order valence-electron chi connectivity index (χ1n) is 14.5. The van der Waals surface area contributed by atoms with Gasteiger partial charge < -0.3 is 30.5 Å². The molecular formula is C29H29ClF3N9O4. The molecule has 3 aliphatic rings. The van der Waals surface area contributed by atoms with Crippen LogP contribution in [0.15, 0.2) is 30.6 Å². The van der Waals surface area contributed by atoms with Gasteiger partial charge in [0.15, 0.2) is 11.5 Å². The van der Waals surface area contributed by atoms with Crippen molar-refractivity contribution < 1.29 is 32.7 Å². The quantitative estimate of drug-likeness (QED) is 0.302. The van der Waals surface area contributed by atoms with Crippen LogP contribution in [-0.4, -0.2) is 78.5 Å². The Balaban J connectivity index is 1.06. The summed E-state index contributed by atoms with van der Waals surface area (Å²) in [5, 5.41) is 30.8. The van der Waals surface area contributed by atoms with E-state index in [1.54, 1.807) is 11.0 Å². The average Bonchev–Trinajstić information content (AvgIpc) is 3.55. The van der Waals surface area contributed by atoms with Gasteiger partial charge in [-0.1, -0.05) is 11.6 Å². The number of carbonyl (C=O) groups excluding carboxylic acids is 3. The Bertz CT molecular complexity index is 1740. The molecule has 0 bridgehead atoms. The number of imidazole rings is 1. The number of hydrogen-bond donors (Lipinski definition) is 4. The lowest BCUT2D eigenvalue weighted by Crippen LogP contribution is -2.48. The predicted molar refractivity (Wildman–Crippen MR) is 156 cm³/mol. The van der Waals surface area contributed by atoms with Crippen LogP contribution in [0.5, 0.6) is 0 Å². The van der Waals surface area contributed by atoms with E-state index in [0.717, 1.165) is 29.9 Å². The van der Waals surface area contributed by atoms with Crippen LogP contribution in [0.3, 0.4) is 0 Å². The lowest BCUT2D eigenvalue weighted by atomic mass is 10.2. The highest BCUT2D eigenvalue weighted by molar-refractivity contribution is 6.34. The minimum absolute atomic E-state index is 0.0343. The maximum absolute atomic E-state index is 13.6. The second kappa shape index (κ2) is 12.0. The number of anilines is 1. The number of nitriles is 1. The molecule has 1 unspecified atom stereocenters. The number of aliphatic hydroxyl groups is 1. The first-order chi connectivity index (χ1) is 21.8. The summed E-state index contributed by atoms with van der Waals surface area (Å²) >= 11 is 6.39. The highest BCUT2D eigenvalue weighted by Gasteiger charge is 2.57. The molecule has 46 heavy (non-hydrogen) atoms. The summed E-state index contributed by atoms with van der Waals surface area (Å²) in [5.41, 5.74) is -1.17. The highest BCUT2D eigenvalue weighted by atomic mass is 35.5. The number of halogens is 4. The second-order valence-corrected chi connectivity index (χ2v) is 12.1. The van der Waals surface area contributed by atoms with Crippen molar-refractivity contribution >= 4 is 35.1 Å². The van der Waals surface area contributed by atoms with Gasteiger partial charge in [-0.3, -0.25) is 14.3 Å². The smallest absolute Gasteiger partial charge is 0.391 e. The molecule has 3 heterocycles. The molecule has 13 nitrogen and oxygen atoms in total. The second-order valence-electron chi connectivity index (χ2n) is 11.7. The standard InChI is InChI=1S/C29H29ClF3N9O4/c1-40-21(18-13-42(8-7-34)39-24(18)29(31,32)33)10-35-25(40)27(45)36-14-5-6-15(19(30)9-14)26(44)38-23-16-11-41(12-17(16)23)28(46)37-20-3-2-4-22(20)43/h5-6,9-10,13,16-17,20,22-23,43H,2-4,8,11-12H2,1H3,(H,36,45)(H,37,46)(H,38,44)/t16-,17+,20-,22-,23?/m1/s1. The maximum atomic E-state index is 13.6.